The van der Waals surface area contributed by atoms with Gasteiger partial charge in [0.05, 0.1) is 30.4 Å². The van der Waals surface area contributed by atoms with E-state index in [2.05, 4.69) is 15.3 Å². The van der Waals surface area contributed by atoms with Gasteiger partial charge in [0.1, 0.15) is 17.3 Å². The van der Waals surface area contributed by atoms with E-state index in [1.807, 2.05) is 61.5 Å². The number of methoxy groups -OCH3 is 1. The maximum Gasteiger partial charge on any atom is 0.255 e. The van der Waals surface area contributed by atoms with E-state index in [1.165, 1.54) is 0 Å². The summed E-state index contributed by atoms with van der Waals surface area (Å²) in [5.74, 6) is 1.73. The van der Waals surface area contributed by atoms with Crippen molar-refractivity contribution in [3.63, 3.8) is 0 Å². The summed E-state index contributed by atoms with van der Waals surface area (Å²) in [6.07, 6.45) is 0.905. The van der Waals surface area contributed by atoms with Gasteiger partial charge >= 0.3 is 0 Å². The second-order valence-electron chi connectivity index (χ2n) is 6.85. The quantitative estimate of drug-likeness (QED) is 0.442. The smallest absolute Gasteiger partial charge is 0.255 e. The van der Waals surface area contributed by atoms with Crippen molar-refractivity contribution in [1.82, 2.24) is 9.97 Å². The fraction of sp³-hybridized carbons (Fsp3) is 0.167. The molecule has 3 aromatic carbocycles. The molecule has 0 bridgehead atoms. The minimum atomic E-state index is -0.239. The average Bonchev–Trinajstić information content (AvgIpc) is 3.22. The van der Waals surface area contributed by atoms with Crippen molar-refractivity contribution in [3.8, 4) is 22.9 Å². The number of carbonyl (C=O) groups excluding carboxylic acids is 1. The van der Waals surface area contributed by atoms with E-state index in [4.69, 9.17) is 9.47 Å². The number of aromatic amines is 1. The lowest BCUT2D eigenvalue weighted by atomic mass is 10.1. The average molecular weight is 401 g/mol. The lowest BCUT2D eigenvalue weighted by Crippen LogP contribution is -2.13. The molecule has 4 rings (SSSR count). The highest BCUT2D eigenvalue weighted by Crippen LogP contribution is 2.31. The summed E-state index contributed by atoms with van der Waals surface area (Å²) in [7, 11) is 1.57. The van der Waals surface area contributed by atoms with Crippen LogP contribution in [-0.4, -0.2) is 29.6 Å². The van der Waals surface area contributed by atoms with E-state index in [0.717, 1.165) is 28.8 Å². The summed E-state index contributed by atoms with van der Waals surface area (Å²) >= 11 is 0. The summed E-state index contributed by atoms with van der Waals surface area (Å²) in [5.41, 5.74) is 3.78. The standard InChI is InChI=1S/C24H23N3O3/c1-3-13-30-18-8-6-7-17(14-18)24(28)27-21-15-16(11-12-22(21)29-2)23-25-19-9-4-5-10-20(19)26-23/h4-12,14-15H,3,13H2,1-2H3,(H,25,26)(H,27,28). The Balaban J connectivity index is 1.61. The molecule has 6 heteroatoms. The number of ether oxygens (including phenoxy) is 2. The zero-order valence-corrected chi connectivity index (χ0v) is 16.9. The Hall–Kier alpha value is -3.80. The number of nitrogens with zero attached hydrogens (tertiary/aromatic N) is 1. The zero-order chi connectivity index (χ0) is 20.9. The molecule has 6 nitrogen and oxygen atoms in total. The van der Waals surface area contributed by atoms with Crippen LogP contribution in [0.5, 0.6) is 11.5 Å². The molecule has 0 unspecified atom stereocenters. The van der Waals surface area contributed by atoms with Gasteiger partial charge in [0.25, 0.3) is 5.91 Å². The number of H-pyrrole nitrogens is 1. The van der Waals surface area contributed by atoms with Gasteiger partial charge in [-0.15, -0.1) is 0 Å². The first-order valence-electron chi connectivity index (χ1n) is 9.85. The van der Waals surface area contributed by atoms with Gasteiger partial charge in [0.15, 0.2) is 0 Å². The van der Waals surface area contributed by atoms with Crippen LogP contribution in [-0.2, 0) is 0 Å². The van der Waals surface area contributed by atoms with Crippen LogP contribution in [0.25, 0.3) is 22.4 Å². The van der Waals surface area contributed by atoms with Crippen molar-refractivity contribution >= 4 is 22.6 Å². The first kappa shape index (κ1) is 19.5. The molecule has 0 atom stereocenters. The molecular formula is C24H23N3O3. The minimum Gasteiger partial charge on any atom is -0.495 e. The Morgan fingerprint density at radius 3 is 2.73 bits per heavy atom. The van der Waals surface area contributed by atoms with Gasteiger partial charge in [-0.25, -0.2) is 4.98 Å². The third-order valence-electron chi connectivity index (χ3n) is 4.68. The van der Waals surface area contributed by atoms with E-state index in [1.54, 1.807) is 19.2 Å². The molecule has 0 spiro atoms. The zero-order valence-electron chi connectivity index (χ0n) is 16.9. The van der Waals surface area contributed by atoms with Gasteiger partial charge in [-0.05, 0) is 55.0 Å². The molecule has 0 saturated carbocycles. The SMILES string of the molecule is CCCOc1cccc(C(=O)Nc2cc(-c3nc4ccccc4[nH]3)ccc2OC)c1. The van der Waals surface area contributed by atoms with Gasteiger partial charge in [0.2, 0.25) is 0 Å². The monoisotopic (exact) mass is 401 g/mol. The highest BCUT2D eigenvalue weighted by molar-refractivity contribution is 6.05. The molecular weight excluding hydrogens is 378 g/mol. The van der Waals surface area contributed by atoms with Gasteiger partial charge in [-0.1, -0.05) is 25.1 Å². The number of imidazole rings is 1. The number of nitrogens with one attached hydrogen (secondary N) is 2. The molecule has 4 aromatic rings. The highest BCUT2D eigenvalue weighted by Gasteiger charge is 2.13. The number of rotatable bonds is 7. The van der Waals surface area contributed by atoms with E-state index in [0.29, 0.717) is 29.4 Å². The van der Waals surface area contributed by atoms with Crippen molar-refractivity contribution in [1.29, 1.82) is 0 Å². The fourth-order valence-corrected chi connectivity index (χ4v) is 3.18. The first-order chi connectivity index (χ1) is 14.7. The predicted molar refractivity (Wildman–Crippen MR) is 118 cm³/mol. The number of benzene rings is 3. The molecule has 0 aliphatic rings. The molecule has 0 aliphatic carbocycles. The molecule has 30 heavy (non-hydrogen) atoms. The van der Waals surface area contributed by atoms with E-state index in [-0.39, 0.29) is 5.91 Å². The number of amides is 1. The maximum atomic E-state index is 12.9. The summed E-state index contributed by atoms with van der Waals surface area (Å²) in [4.78, 5) is 20.8. The number of carbonyl (C=O) groups is 1. The Kier molecular flexibility index (Phi) is 5.66. The van der Waals surface area contributed by atoms with Crippen LogP contribution < -0.4 is 14.8 Å². The molecule has 0 aliphatic heterocycles. The fourth-order valence-electron chi connectivity index (χ4n) is 3.18. The van der Waals surface area contributed by atoms with Gasteiger partial charge < -0.3 is 19.8 Å². The molecule has 152 valence electrons. The molecule has 0 radical (unpaired) electrons. The summed E-state index contributed by atoms with van der Waals surface area (Å²) in [6.45, 7) is 2.65. The molecule has 1 amide bonds. The van der Waals surface area contributed by atoms with Crippen LogP contribution in [0.2, 0.25) is 0 Å². The third-order valence-corrected chi connectivity index (χ3v) is 4.68. The predicted octanol–water partition coefficient (Wildman–Crippen LogP) is 5.28. The Bertz CT molecular complexity index is 1150. The normalized spacial score (nSPS) is 10.7. The Labute approximate surface area is 174 Å². The lowest BCUT2D eigenvalue weighted by Gasteiger charge is -2.12. The number of fused-ring (bicyclic) bond motifs is 1. The summed E-state index contributed by atoms with van der Waals surface area (Å²) < 4.78 is 11.1. The van der Waals surface area contributed by atoms with Gasteiger partial charge in [-0.2, -0.15) is 0 Å². The van der Waals surface area contributed by atoms with Crippen LogP contribution in [0.3, 0.4) is 0 Å². The van der Waals surface area contributed by atoms with Crippen molar-refractivity contribution in [2.45, 2.75) is 13.3 Å². The van der Waals surface area contributed by atoms with Gasteiger partial charge in [-0.3, -0.25) is 4.79 Å². The largest absolute Gasteiger partial charge is 0.495 e. The summed E-state index contributed by atoms with van der Waals surface area (Å²) in [6, 6.07) is 20.6. The van der Waals surface area contributed by atoms with Crippen molar-refractivity contribution in [3.05, 3.63) is 72.3 Å². The van der Waals surface area contributed by atoms with E-state index in [9.17, 15) is 4.79 Å². The number of aromatic nitrogens is 2. The van der Waals surface area contributed by atoms with Crippen molar-refractivity contribution in [2.24, 2.45) is 0 Å². The van der Waals surface area contributed by atoms with Crippen LogP contribution in [0.1, 0.15) is 23.7 Å². The van der Waals surface area contributed by atoms with Crippen LogP contribution in [0.15, 0.2) is 66.7 Å². The van der Waals surface area contributed by atoms with Crippen molar-refractivity contribution < 1.29 is 14.3 Å². The number of hydrogen-bond donors (Lipinski definition) is 2. The highest BCUT2D eigenvalue weighted by atomic mass is 16.5. The van der Waals surface area contributed by atoms with Crippen LogP contribution >= 0.6 is 0 Å². The Morgan fingerprint density at radius 2 is 1.93 bits per heavy atom. The molecule has 0 fully saturated rings. The van der Waals surface area contributed by atoms with Crippen LogP contribution in [0, 0.1) is 0 Å². The van der Waals surface area contributed by atoms with Gasteiger partial charge in [0, 0.05) is 11.1 Å². The molecule has 1 aromatic heterocycles. The Morgan fingerprint density at radius 1 is 1.07 bits per heavy atom. The van der Waals surface area contributed by atoms with Crippen LogP contribution in [0.4, 0.5) is 5.69 Å². The number of para-hydroxylation sites is 2. The first-order valence-corrected chi connectivity index (χ1v) is 9.85. The minimum absolute atomic E-state index is 0.239. The topological polar surface area (TPSA) is 76.2 Å². The maximum absolute atomic E-state index is 12.9. The summed E-state index contributed by atoms with van der Waals surface area (Å²) in [5, 5.41) is 2.94. The third kappa shape index (κ3) is 4.12. The second-order valence-corrected chi connectivity index (χ2v) is 6.85. The second kappa shape index (κ2) is 8.69. The van der Waals surface area contributed by atoms with E-state index < -0.39 is 0 Å². The van der Waals surface area contributed by atoms with Crippen molar-refractivity contribution in [2.75, 3.05) is 19.0 Å². The van der Waals surface area contributed by atoms with E-state index >= 15 is 0 Å². The molecule has 0 saturated heterocycles. The molecule has 1 heterocycles. The molecule has 2 N–H and O–H groups in total. The number of hydrogen-bond acceptors (Lipinski definition) is 4. The lowest BCUT2D eigenvalue weighted by molar-refractivity contribution is 0.102. The number of anilines is 1.